The Morgan fingerprint density at radius 1 is 1.16 bits per heavy atom. The summed E-state index contributed by atoms with van der Waals surface area (Å²) in [6.07, 6.45) is -0.744. The molecule has 0 aliphatic heterocycles. The number of rotatable bonds is 6. The lowest BCUT2D eigenvalue weighted by Gasteiger charge is -2.13. The van der Waals surface area contributed by atoms with E-state index in [-0.39, 0.29) is 5.91 Å². The summed E-state index contributed by atoms with van der Waals surface area (Å²) < 4.78 is 10.5. The topological polar surface area (TPSA) is 103 Å². The van der Waals surface area contributed by atoms with E-state index in [1.165, 1.54) is 7.11 Å². The molecular weight excluding hydrogens is 346 g/mol. The second-order valence-corrected chi connectivity index (χ2v) is 5.50. The van der Waals surface area contributed by atoms with Crippen LogP contribution in [0.4, 0.5) is 5.69 Å². The number of hydrogen-bond acceptors (Lipinski definition) is 5. The quantitative estimate of drug-likeness (QED) is 0.415. The van der Waals surface area contributed by atoms with Crippen LogP contribution in [0.3, 0.4) is 0 Å². The number of benzene rings is 2. The van der Waals surface area contributed by atoms with E-state index in [2.05, 4.69) is 5.32 Å². The maximum atomic E-state index is 12.3. The predicted molar refractivity (Wildman–Crippen MR) is 94.8 cm³/mol. The van der Waals surface area contributed by atoms with Crippen molar-refractivity contribution in [2.75, 3.05) is 12.4 Å². The SMILES string of the molecule is COc1ccc(NC(=O)c2ccc(O[C@H](C)C(=O)NN)cc2)cc1Cl. The normalized spacial score (nSPS) is 11.4. The van der Waals surface area contributed by atoms with Crippen LogP contribution in [0, 0.1) is 0 Å². The minimum Gasteiger partial charge on any atom is -0.495 e. The molecule has 0 aliphatic rings. The zero-order valence-electron chi connectivity index (χ0n) is 13.7. The molecule has 2 aromatic rings. The molecule has 0 spiro atoms. The molecule has 0 saturated heterocycles. The second-order valence-electron chi connectivity index (χ2n) is 5.10. The van der Waals surface area contributed by atoms with Gasteiger partial charge in [0.25, 0.3) is 11.8 Å². The predicted octanol–water partition coefficient (Wildman–Crippen LogP) is 2.36. The molecule has 4 N–H and O–H groups in total. The Balaban J connectivity index is 2.03. The number of carbonyl (C=O) groups is 2. The van der Waals surface area contributed by atoms with Gasteiger partial charge in [-0.05, 0) is 49.4 Å². The fourth-order valence-electron chi connectivity index (χ4n) is 2.01. The van der Waals surface area contributed by atoms with E-state index < -0.39 is 12.0 Å². The van der Waals surface area contributed by atoms with Crippen LogP contribution in [0.2, 0.25) is 5.02 Å². The third-order valence-corrected chi connectivity index (χ3v) is 3.65. The second kappa shape index (κ2) is 8.36. The van der Waals surface area contributed by atoms with E-state index in [0.29, 0.717) is 27.8 Å². The molecule has 1 atom stereocenters. The lowest BCUT2D eigenvalue weighted by molar-refractivity contribution is -0.127. The Morgan fingerprint density at radius 3 is 2.40 bits per heavy atom. The summed E-state index contributed by atoms with van der Waals surface area (Å²) in [5.74, 6) is 5.26. The Kier molecular flexibility index (Phi) is 6.21. The number of amides is 2. The first-order chi connectivity index (χ1) is 11.9. The number of hydrazine groups is 1. The van der Waals surface area contributed by atoms with E-state index in [4.69, 9.17) is 26.9 Å². The molecule has 0 bridgehead atoms. The first kappa shape index (κ1) is 18.6. The highest BCUT2D eigenvalue weighted by Gasteiger charge is 2.13. The summed E-state index contributed by atoms with van der Waals surface area (Å²) in [4.78, 5) is 23.6. The molecule has 8 heteroatoms. The molecule has 2 rings (SSSR count). The highest BCUT2D eigenvalue weighted by molar-refractivity contribution is 6.32. The molecule has 2 amide bonds. The van der Waals surface area contributed by atoms with Gasteiger partial charge in [-0.2, -0.15) is 0 Å². The largest absolute Gasteiger partial charge is 0.495 e. The number of carbonyl (C=O) groups excluding carboxylic acids is 2. The Bertz CT molecular complexity index is 765. The third-order valence-electron chi connectivity index (χ3n) is 3.35. The summed E-state index contributed by atoms with van der Waals surface area (Å²) in [5.41, 5.74) is 2.98. The van der Waals surface area contributed by atoms with Gasteiger partial charge in [0.2, 0.25) is 0 Å². The highest BCUT2D eigenvalue weighted by Crippen LogP contribution is 2.27. The maximum Gasteiger partial charge on any atom is 0.274 e. The van der Waals surface area contributed by atoms with Crippen LogP contribution in [-0.2, 0) is 4.79 Å². The highest BCUT2D eigenvalue weighted by atomic mass is 35.5. The van der Waals surface area contributed by atoms with Crippen LogP contribution in [-0.4, -0.2) is 25.0 Å². The van der Waals surface area contributed by atoms with Gasteiger partial charge in [0.05, 0.1) is 12.1 Å². The van der Waals surface area contributed by atoms with Gasteiger partial charge in [0.15, 0.2) is 6.10 Å². The average molecular weight is 364 g/mol. The molecular formula is C17H18ClN3O4. The lowest BCUT2D eigenvalue weighted by Crippen LogP contribution is -2.40. The molecule has 2 aromatic carbocycles. The van der Waals surface area contributed by atoms with Crippen molar-refractivity contribution in [1.82, 2.24) is 5.43 Å². The van der Waals surface area contributed by atoms with E-state index in [0.717, 1.165) is 0 Å². The molecule has 0 heterocycles. The molecule has 7 nitrogen and oxygen atoms in total. The van der Waals surface area contributed by atoms with Crippen molar-refractivity contribution < 1.29 is 19.1 Å². The molecule has 0 saturated carbocycles. The number of nitrogens with one attached hydrogen (secondary N) is 2. The van der Waals surface area contributed by atoms with Crippen molar-refractivity contribution in [2.45, 2.75) is 13.0 Å². The van der Waals surface area contributed by atoms with E-state index in [9.17, 15) is 9.59 Å². The van der Waals surface area contributed by atoms with Gasteiger partial charge in [-0.1, -0.05) is 11.6 Å². The van der Waals surface area contributed by atoms with Gasteiger partial charge >= 0.3 is 0 Å². The Labute approximate surface area is 150 Å². The first-order valence-corrected chi connectivity index (χ1v) is 7.74. The van der Waals surface area contributed by atoms with Crippen LogP contribution in [0.1, 0.15) is 17.3 Å². The first-order valence-electron chi connectivity index (χ1n) is 7.36. The molecule has 0 unspecified atom stereocenters. The van der Waals surface area contributed by atoms with Gasteiger partial charge in [-0.3, -0.25) is 15.0 Å². The molecule has 0 fully saturated rings. The smallest absolute Gasteiger partial charge is 0.274 e. The number of methoxy groups -OCH3 is 1. The molecule has 0 radical (unpaired) electrons. The van der Waals surface area contributed by atoms with Gasteiger partial charge in [-0.25, -0.2) is 5.84 Å². The van der Waals surface area contributed by atoms with Crippen molar-refractivity contribution in [3.8, 4) is 11.5 Å². The minimum absolute atomic E-state index is 0.305. The van der Waals surface area contributed by atoms with Crippen LogP contribution >= 0.6 is 11.6 Å². The number of hydrogen-bond donors (Lipinski definition) is 3. The van der Waals surface area contributed by atoms with Crippen LogP contribution in [0.15, 0.2) is 42.5 Å². The Hall–Kier alpha value is -2.77. The number of anilines is 1. The summed E-state index contributed by atoms with van der Waals surface area (Å²) >= 11 is 6.03. The molecule has 25 heavy (non-hydrogen) atoms. The van der Waals surface area contributed by atoms with Gasteiger partial charge in [0.1, 0.15) is 11.5 Å². The summed E-state index contributed by atoms with van der Waals surface area (Å²) in [6, 6.07) is 11.3. The van der Waals surface area contributed by atoms with Crippen molar-refractivity contribution >= 4 is 29.1 Å². The van der Waals surface area contributed by atoms with E-state index >= 15 is 0 Å². The standard InChI is InChI=1S/C17H18ClN3O4/c1-10(16(22)21-19)25-13-6-3-11(4-7-13)17(23)20-12-5-8-15(24-2)14(18)9-12/h3-10H,19H2,1-2H3,(H,20,23)(H,21,22)/t10-/m1/s1. The number of halogens is 1. The monoisotopic (exact) mass is 363 g/mol. The maximum absolute atomic E-state index is 12.3. The number of nitrogens with two attached hydrogens (primary N) is 1. The van der Waals surface area contributed by atoms with E-state index in [1.807, 2.05) is 5.43 Å². The summed E-state index contributed by atoms with van der Waals surface area (Å²) in [6.45, 7) is 1.57. The zero-order valence-corrected chi connectivity index (χ0v) is 14.5. The molecule has 132 valence electrons. The van der Waals surface area contributed by atoms with Crippen molar-refractivity contribution in [3.05, 3.63) is 53.1 Å². The third kappa shape index (κ3) is 4.85. The van der Waals surface area contributed by atoms with Crippen molar-refractivity contribution in [2.24, 2.45) is 5.84 Å². The molecule has 0 aliphatic carbocycles. The van der Waals surface area contributed by atoms with Gasteiger partial charge in [0, 0.05) is 11.3 Å². The molecule has 0 aromatic heterocycles. The van der Waals surface area contributed by atoms with Crippen molar-refractivity contribution in [3.63, 3.8) is 0 Å². The van der Waals surface area contributed by atoms with Crippen LogP contribution in [0.25, 0.3) is 0 Å². The van der Waals surface area contributed by atoms with Crippen molar-refractivity contribution in [1.29, 1.82) is 0 Å². The fraction of sp³-hybridized carbons (Fsp3) is 0.176. The number of ether oxygens (including phenoxy) is 2. The summed E-state index contributed by atoms with van der Waals surface area (Å²) in [7, 11) is 1.51. The minimum atomic E-state index is -0.744. The lowest BCUT2D eigenvalue weighted by atomic mass is 10.2. The fourth-order valence-corrected chi connectivity index (χ4v) is 2.26. The van der Waals surface area contributed by atoms with E-state index in [1.54, 1.807) is 49.4 Å². The average Bonchev–Trinajstić information content (AvgIpc) is 2.61. The van der Waals surface area contributed by atoms with Gasteiger partial charge < -0.3 is 14.8 Å². The Morgan fingerprint density at radius 2 is 1.84 bits per heavy atom. The zero-order chi connectivity index (χ0) is 18.4. The van der Waals surface area contributed by atoms with Crippen LogP contribution in [0.5, 0.6) is 11.5 Å². The summed E-state index contributed by atoms with van der Waals surface area (Å²) in [5, 5.41) is 3.14. The van der Waals surface area contributed by atoms with Crippen LogP contribution < -0.4 is 26.1 Å². The van der Waals surface area contributed by atoms with Gasteiger partial charge in [-0.15, -0.1) is 0 Å².